The smallest absolute Gasteiger partial charge is 0.260 e. The molecule has 0 saturated carbocycles. The van der Waals surface area contributed by atoms with Crippen LogP contribution in [0, 0.1) is 19.7 Å². The van der Waals surface area contributed by atoms with Crippen LogP contribution < -0.4 is 4.74 Å². The van der Waals surface area contributed by atoms with Crippen molar-refractivity contribution in [2.45, 2.75) is 18.7 Å². The van der Waals surface area contributed by atoms with Crippen molar-refractivity contribution < 1.29 is 22.3 Å². The monoisotopic (exact) mass is 406 g/mol. The van der Waals surface area contributed by atoms with Gasteiger partial charge in [-0.3, -0.25) is 4.79 Å². The van der Waals surface area contributed by atoms with Gasteiger partial charge in [0, 0.05) is 32.2 Å². The zero-order valence-electron chi connectivity index (χ0n) is 15.9. The van der Waals surface area contributed by atoms with E-state index in [0.29, 0.717) is 10.5 Å². The van der Waals surface area contributed by atoms with E-state index in [0.717, 1.165) is 5.56 Å². The van der Waals surface area contributed by atoms with Crippen molar-refractivity contribution in [1.82, 2.24) is 9.21 Å². The largest absolute Gasteiger partial charge is 0.484 e. The van der Waals surface area contributed by atoms with Crippen LogP contribution in [-0.2, 0) is 14.8 Å². The van der Waals surface area contributed by atoms with E-state index in [1.54, 1.807) is 30.0 Å². The van der Waals surface area contributed by atoms with E-state index in [2.05, 4.69) is 0 Å². The lowest BCUT2D eigenvalue weighted by molar-refractivity contribution is -0.134. The van der Waals surface area contributed by atoms with E-state index in [1.807, 2.05) is 13.0 Å². The average molecular weight is 406 g/mol. The molecular weight excluding hydrogens is 383 g/mol. The Balaban J connectivity index is 1.59. The summed E-state index contributed by atoms with van der Waals surface area (Å²) in [6, 6.07) is 10.9. The summed E-state index contributed by atoms with van der Waals surface area (Å²) >= 11 is 0. The van der Waals surface area contributed by atoms with Gasteiger partial charge in [-0.25, -0.2) is 12.8 Å². The molecule has 0 N–H and O–H groups in total. The fraction of sp³-hybridized carbons (Fsp3) is 0.350. The zero-order valence-corrected chi connectivity index (χ0v) is 16.7. The summed E-state index contributed by atoms with van der Waals surface area (Å²) in [6.45, 7) is 4.43. The second kappa shape index (κ2) is 8.28. The van der Waals surface area contributed by atoms with Gasteiger partial charge in [-0.2, -0.15) is 4.31 Å². The molecule has 6 nitrogen and oxygen atoms in total. The molecular formula is C20H23FN2O4S. The summed E-state index contributed by atoms with van der Waals surface area (Å²) < 4.78 is 45.8. The Labute approximate surface area is 164 Å². The number of piperazine rings is 1. The van der Waals surface area contributed by atoms with Crippen LogP contribution in [0.1, 0.15) is 11.1 Å². The van der Waals surface area contributed by atoms with Gasteiger partial charge in [-0.1, -0.05) is 18.2 Å². The summed E-state index contributed by atoms with van der Waals surface area (Å²) in [4.78, 5) is 14.2. The first-order chi connectivity index (χ1) is 13.3. The Morgan fingerprint density at radius 3 is 2.46 bits per heavy atom. The molecule has 150 valence electrons. The molecule has 1 aliphatic rings. The third kappa shape index (κ3) is 4.51. The quantitative estimate of drug-likeness (QED) is 0.765. The molecule has 0 unspecified atom stereocenters. The van der Waals surface area contributed by atoms with Crippen molar-refractivity contribution in [2.75, 3.05) is 32.8 Å². The molecule has 3 rings (SSSR count). The maximum Gasteiger partial charge on any atom is 0.260 e. The number of nitrogens with zero attached hydrogens (tertiary/aromatic N) is 2. The van der Waals surface area contributed by atoms with E-state index >= 15 is 0 Å². The van der Waals surface area contributed by atoms with Gasteiger partial charge in [0.05, 0.1) is 4.90 Å². The highest BCUT2D eigenvalue weighted by molar-refractivity contribution is 7.89. The second-order valence-corrected chi connectivity index (χ2v) is 8.71. The predicted octanol–water partition coefficient (Wildman–Crippen LogP) is 2.35. The van der Waals surface area contributed by atoms with Crippen molar-refractivity contribution in [3.63, 3.8) is 0 Å². The molecule has 0 spiro atoms. The minimum Gasteiger partial charge on any atom is -0.484 e. The molecule has 0 aromatic heterocycles. The van der Waals surface area contributed by atoms with Crippen molar-refractivity contribution in [3.8, 4) is 5.75 Å². The maximum atomic E-state index is 13.2. The van der Waals surface area contributed by atoms with E-state index in [4.69, 9.17) is 4.74 Å². The Morgan fingerprint density at radius 1 is 1.07 bits per heavy atom. The first kappa shape index (κ1) is 20.3. The van der Waals surface area contributed by atoms with Gasteiger partial charge in [-0.15, -0.1) is 0 Å². The molecule has 1 amide bonds. The van der Waals surface area contributed by atoms with E-state index in [9.17, 15) is 17.6 Å². The first-order valence-electron chi connectivity index (χ1n) is 9.01. The topological polar surface area (TPSA) is 66.9 Å². The van der Waals surface area contributed by atoms with Gasteiger partial charge >= 0.3 is 0 Å². The Hall–Kier alpha value is -2.45. The van der Waals surface area contributed by atoms with Crippen molar-refractivity contribution in [2.24, 2.45) is 0 Å². The standard InChI is InChI=1S/C20H23FN2O4S/c1-15-6-7-16(2)19(12-15)28(25,26)23-10-8-22(9-11-23)20(24)14-27-18-5-3-4-17(21)13-18/h3-7,12-13H,8-11,14H2,1-2H3. The Bertz CT molecular complexity index is 970. The highest BCUT2D eigenvalue weighted by Crippen LogP contribution is 2.22. The summed E-state index contributed by atoms with van der Waals surface area (Å²) in [5.41, 5.74) is 1.58. The van der Waals surface area contributed by atoms with Crippen LogP contribution in [-0.4, -0.2) is 56.3 Å². The summed E-state index contributed by atoms with van der Waals surface area (Å²) in [5.74, 6) is -0.409. The number of hydrogen-bond acceptors (Lipinski definition) is 4. The van der Waals surface area contributed by atoms with Crippen LogP contribution in [0.25, 0.3) is 0 Å². The lowest BCUT2D eigenvalue weighted by Crippen LogP contribution is -2.51. The third-order valence-electron chi connectivity index (χ3n) is 4.71. The number of carbonyl (C=O) groups excluding carboxylic acids is 1. The van der Waals surface area contributed by atoms with Crippen LogP contribution in [0.5, 0.6) is 5.75 Å². The second-order valence-electron chi connectivity index (χ2n) is 6.80. The normalized spacial score (nSPS) is 15.5. The van der Waals surface area contributed by atoms with Gasteiger partial charge < -0.3 is 9.64 Å². The summed E-state index contributed by atoms with van der Waals surface area (Å²) in [5, 5.41) is 0. The van der Waals surface area contributed by atoms with E-state index in [-0.39, 0.29) is 44.4 Å². The summed E-state index contributed by atoms with van der Waals surface area (Å²) in [7, 11) is -3.60. The number of sulfonamides is 1. The highest BCUT2D eigenvalue weighted by Gasteiger charge is 2.31. The summed E-state index contributed by atoms with van der Waals surface area (Å²) in [6.07, 6.45) is 0. The highest BCUT2D eigenvalue weighted by atomic mass is 32.2. The van der Waals surface area contributed by atoms with Crippen LogP contribution in [0.4, 0.5) is 4.39 Å². The fourth-order valence-electron chi connectivity index (χ4n) is 3.10. The van der Waals surface area contributed by atoms with Crippen molar-refractivity contribution >= 4 is 15.9 Å². The molecule has 1 fully saturated rings. The van der Waals surface area contributed by atoms with Crippen LogP contribution in [0.2, 0.25) is 0 Å². The molecule has 1 saturated heterocycles. The number of hydrogen-bond donors (Lipinski definition) is 0. The maximum absolute atomic E-state index is 13.2. The molecule has 0 aliphatic carbocycles. The number of halogens is 1. The average Bonchev–Trinajstić information content (AvgIpc) is 2.68. The molecule has 0 bridgehead atoms. The minimum atomic E-state index is -3.60. The number of benzene rings is 2. The van der Waals surface area contributed by atoms with Crippen molar-refractivity contribution in [1.29, 1.82) is 0 Å². The van der Waals surface area contributed by atoms with Gasteiger partial charge in [0.2, 0.25) is 10.0 Å². The van der Waals surface area contributed by atoms with Crippen LogP contribution >= 0.6 is 0 Å². The lowest BCUT2D eigenvalue weighted by Gasteiger charge is -2.34. The van der Waals surface area contributed by atoms with Crippen LogP contribution in [0.15, 0.2) is 47.4 Å². The van der Waals surface area contributed by atoms with E-state index in [1.165, 1.54) is 22.5 Å². The van der Waals surface area contributed by atoms with Gasteiger partial charge in [0.15, 0.2) is 6.61 Å². The molecule has 28 heavy (non-hydrogen) atoms. The number of carbonyl (C=O) groups is 1. The number of amides is 1. The number of aryl methyl sites for hydroxylation is 2. The SMILES string of the molecule is Cc1ccc(C)c(S(=O)(=O)N2CCN(C(=O)COc3cccc(F)c3)CC2)c1. The predicted molar refractivity (Wildman–Crippen MR) is 103 cm³/mol. The molecule has 0 atom stereocenters. The van der Waals surface area contributed by atoms with Gasteiger partial charge in [0.25, 0.3) is 5.91 Å². The Morgan fingerprint density at radius 2 is 1.79 bits per heavy atom. The van der Waals surface area contributed by atoms with Gasteiger partial charge in [-0.05, 0) is 43.2 Å². The number of ether oxygens (including phenoxy) is 1. The molecule has 1 aliphatic heterocycles. The van der Waals surface area contributed by atoms with Crippen LogP contribution in [0.3, 0.4) is 0 Å². The third-order valence-corrected chi connectivity index (χ3v) is 6.75. The molecule has 2 aromatic rings. The molecule has 2 aromatic carbocycles. The molecule has 8 heteroatoms. The first-order valence-corrected chi connectivity index (χ1v) is 10.4. The minimum absolute atomic E-state index is 0.215. The lowest BCUT2D eigenvalue weighted by atomic mass is 10.2. The fourth-order valence-corrected chi connectivity index (χ4v) is 4.83. The number of rotatable bonds is 5. The zero-order chi connectivity index (χ0) is 20.3. The molecule has 0 radical (unpaired) electrons. The van der Waals surface area contributed by atoms with E-state index < -0.39 is 15.8 Å². The Kier molecular flexibility index (Phi) is 6.00. The molecule has 1 heterocycles. The van der Waals surface area contributed by atoms with Crippen molar-refractivity contribution in [3.05, 3.63) is 59.4 Å². The van der Waals surface area contributed by atoms with Gasteiger partial charge in [0.1, 0.15) is 11.6 Å².